The molecule has 0 unspecified atom stereocenters. The van der Waals surface area contributed by atoms with Crippen molar-refractivity contribution in [3.05, 3.63) is 30.1 Å². The summed E-state index contributed by atoms with van der Waals surface area (Å²) < 4.78 is 5.35. The van der Waals surface area contributed by atoms with Gasteiger partial charge in [0.25, 0.3) is 0 Å². The maximum absolute atomic E-state index is 11.7. The Labute approximate surface area is 100 Å². The highest BCUT2D eigenvalue weighted by Gasteiger charge is 2.59. The van der Waals surface area contributed by atoms with Crippen LogP contribution in [-0.2, 0) is 10.3 Å². The lowest BCUT2D eigenvalue weighted by Crippen LogP contribution is -2.53. The fourth-order valence-corrected chi connectivity index (χ4v) is 2.18. The van der Waals surface area contributed by atoms with Crippen molar-refractivity contribution in [2.75, 3.05) is 6.54 Å². The number of nitrogens with zero attached hydrogens (tertiary/aromatic N) is 2. The summed E-state index contributed by atoms with van der Waals surface area (Å²) in [5.41, 5.74) is -1.81. The van der Waals surface area contributed by atoms with Crippen LogP contribution in [-0.4, -0.2) is 33.4 Å². The Kier molecular flexibility index (Phi) is 2.58. The van der Waals surface area contributed by atoms with Crippen molar-refractivity contribution in [2.24, 2.45) is 0 Å². The van der Waals surface area contributed by atoms with Gasteiger partial charge in [0, 0.05) is 24.5 Å². The molecule has 92 valence electrons. The second-order valence-corrected chi connectivity index (χ2v) is 4.41. The molecule has 1 amide bonds. The highest BCUT2D eigenvalue weighted by molar-refractivity contribution is 5.72. The van der Waals surface area contributed by atoms with Gasteiger partial charge in [0.2, 0.25) is 0 Å². The van der Waals surface area contributed by atoms with Crippen LogP contribution in [0.3, 0.4) is 0 Å². The van der Waals surface area contributed by atoms with E-state index in [1.807, 2.05) is 0 Å². The molecule has 2 rings (SSSR count). The average Bonchev–Trinajstić information content (AvgIpc) is 2.47. The molecule has 0 bridgehead atoms. The second kappa shape index (κ2) is 3.70. The van der Waals surface area contributed by atoms with E-state index in [1.54, 1.807) is 45.3 Å². The summed E-state index contributed by atoms with van der Waals surface area (Å²) in [4.78, 5) is 17.0. The molecule has 17 heavy (non-hydrogen) atoms. The van der Waals surface area contributed by atoms with Crippen molar-refractivity contribution >= 4 is 6.09 Å². The van der Waals surface area contributed by atoms with Crippen LogP contribution >= 0.6 is 0 Å². The molecule has 0 spiro atoms. The van der Waals surface area contributed by atoms with Crippen molar-refractivity contribution < 1.29 is 14.6 Å². The molecule has 1 aromatic rings. The standard InChI is InChI=1S/C12H16N2O3/c1-4-14-10(15)17-11(2,12(14,3)16)9-6-5-7-13-8-9/h5-8,16H,4H2,1-3H3/t11-,12-/m0/s1. The molecule has 2 heterocycles. The molecule has 2 atom stereocenters. The lowest BCUT2D eigenvalue weighted by molar-refractivity contribution is -0.140. The normalized spacial score (nSPS) is 32.7. The fourth-order valence-electron chi connectivity index (χ4n) is 2.18. The van der Waals surface area contributed by atoms with E-state index in [0.717, 1.165) is 0 Å². The van der Waals surface area contributed by atoms with Crippen LogP contribution in [0, 0.1) is 0 Å². The molecule has 0 saturated carbocycles. The Morgan fingerprint density at radius 2 is 2.24 bits per heavy atom. The highest BCUT2D eigenvalue weighted by Crippen LogP contribution is 2.44. The van der Waals surface area contributed by atoms with Crippen molar-refractivity contribution in [3.63, 3.8) is 0 Å². The Hall–Kier alpha value is -1.62. The van der Waals surface area contributed by atoms with Gasteiger partial charge in [0.1, 0.15) is 0 Å². The first-order chi connectivity index (χ1) is 7.93. The largest absolute Gasteiger partial charge is 0.433 e. The molecule has 1 aromatic heterocycles. The third-order valence-corrected chi connectivity index (χ3v) is 3.47. The number of aliphatic hydroxyl groups is 1. The molecule has 0 aliphatic carbocycles. The first-order valence-electron chi connectivity index (χ1n) is 5.57. The number of amides is 1. The summed E-state index contributed by atoms with van der Waals surface area (Å²) in [5, 5.41) is 10.5. The molecule has 1 aliphatic heterocycles. The second-order valence-electron chi connectivity index (χ2n) is 4.41. The first kappa shape index (κ1) is 11.9. The van der Waals surface area contributed by atoms with Crippen LogP contribution in [0.1, 0.15) is 26.3 Å². The van der Waals surface area contributed by atoms with E-state index >= 15 is 0 Å². The number of hydrogen-bond donors (Lipinski definition) is 1. The van der Waals surface area contributed by atoms with Crippen molar-refractivity contribution in [1.82, 2.24) is 9.88 Å². The molecule has 0 radical (unpaired) electrons. The van der Waals surface area contributed by atoms with E-state index in [1.165, 1.54) is 4.90 Å². The van der Waals surface area contributed by atoms with Crippen LogP contribution in [0.4, 0.5) is 4.79 Å². The van der Waals surface area contributed by atoms with Gasteiger partial charge in [-0.3, -0.25) is 9.88 Å². The number of aromatic nitrogens is 1. The zero-order valence-corrected chi connectivity index (χ0v) is 10.2. The zero-order chi connectivity index (χ0) is 12.7. The van der Waals surface area contributed by atoms with Gasteiger partial charge in [-0.25, -0.2) is 4.79 Å². The predicted octanol–water partition coefficient (Wildman–Crippen LogP) is 1.48. The number of ether oxygens (including phenoxy) is 1. The predicted molar refractivity (Wildman–Crippen MR) is 61.1 cm³/mol. The van der Waals surface area contributed by atoms with Crippen LogP contribution in [0.15, 0.2) is 24.5 Å². The van der Waals surface area contributed by atoms with Gasteiger partial charge in [0.15, 0.2) is 11.3 Å². The minimum atomic E-state index is -1.39. The SMILES string of the molecule is CCN1C(=O)O[C@@](C)(c2cccnc2)[C@]1(C)O. The third kappa shape index (κ3) is 1.50. The minimum absolute atomic E-state index is 0.391. The van der Waals surface area contributed by atoms with Gasteiger partial charge in [-0.2, -0.15) is 0 Å². The van der Waals surface area contributed by atoms with Gasteiger partial charge >= 0.3 is 6.09 Å². The number of carbonyl (C=O) groups is 1. The summed E-state index contributed by atoms with van der Waals surface area (Å²) >= 11 is 0. The fraction of sp³-hybridized carbons (Fsp3) is 0.500. The van der Waals surface area contributed by atoms with Crippen LogP contribution in [0.2, 0.25) is 0 Å². The summed E-state index contributed by atoms with van der Waals surface area (Å²) in [5.74, 6) is 0. The third-order valence-electron chi connectivity index (χ3n) is 3.47. The lowest BCUT2D eigenvalue weighted by atomic mass is 9.87. The molecule has 5 heteroatoms. The van der Waals surface area contributed by atoms with Crippen molar-refractivity contribution in [3.8, 4) is 0 Å². The Bertz CT molecular complexity index is 433. The molecule has 5 nitrogen and oxygen atoms in total. The Balaban J connectivity index is 2.49. The Morgan fingerprint density at radius 1 is 1.53 bits per heavy atom. The van der Waals surface area contributed by atoms with Crippen LogP contribution < -0.4 is 0 Å². The van der Waals surface area contributed by atoms with Gasteiger partial charge in [-0.05, 0) is 26.8 Å². The molecule has 1 saturated heterocycles. The number of carbonyl (C=O) groups excluding carboxylic acids is 1. The molecular weight excluding hydrogens is 220 g/mol. The van der Waals surface area contributed by atoms with Crippen molar-refractivity contribution in [2.45, 2.75) is 32.1 Å². The van der Waals surface area contributed by atoms with Crippen LogP contribution in [0.5, 0.6) is 0 Å². The summed E-state index contributed by atoms with van der Waals surface area (Å²) in [6.07, 6.45) is 2.72. The molecule has 1 N–H and O–H groups in total. The zero-order valence-electron chi connectivity index (χ0n) is 10.2. The number of likely N-dealkylation sites (N-methyl/N-ethyl adjacent to an activating group) is 1. The number of rotatable bonds is 2. The number of cyclic esters (lactones) is 1. The van der Waals surface area contributed by atoms with E-state index < -0.39 is 17.4 Å². The topological polar surface area (TPSA) is 62.7 Å². The number of pyridine rings is 1. The summed E-state index contributed by atoms with van der Waals surface area (Å²) in [6.45, 7) is 5.46. The minimum Gasteiger partial charge on any atom is -0.433 e. The molecule has 1 aliphatic rings. The monoisotopic (exact) mass is 236 g/mol. The van der Waals surface area contributed by atoms with E-state index in [4.69, 9.17) is 4.74 Å². The van der Waals surface area contributed by atoms with Gasteiger partial charge in [-0.1, -0.05) is 6.07 Å². The molecule has 0 aromatic carbocycles. The maximum atomic E-state index is 11.7. The van der Waals surface area contributed by atoms with Gasteiger partial charge in [0.05, 0.1) is 0 Å². The smallest absolute Gasteiger partial charge is 0.413 e. The number of hydrogen-bond acceptors (Lipinski definition) is 4. The van der Waals surface area contributed by atoms with E-state index in [2.05, 4.69) is 4.98 Å². The van der Waals surface area contributed by atoms with E-state index in [9.17, 15) is 9.90 Å². The summed E-state index contributed by atoms with van der Waals surface area (Å²) in [6, 6.07) is 3.53. The lowest BCUT2D eigenvalue weighted by Gasteiger charge is -2.37. The van der Waals surface area contributed by atoms with Crippen molar-refractivity contribution in [1.29, 1.82) is 0 Å². The Morgan fingerprint density at radius 3 is 2.71 bits per heavy atom. The highest BCUT2D eigenvalue weighted by atomic mass is 16.6. The van der Waals surface area contributed by atoms with E-state index in [-0.39, 0.29) is 0 Å². The van der Waals surface area contributed by atoms with Crippen LogP contribution in [0.25, 0.3) is 0 Å². The molecular formula is C12H16N2O3. The van der Waals surface area contributed by atoms with E-state index in [0.29, 0.717) is 12.1 Å². The average molecular weight is 236 g/mol. The van der Waals surface area contributed by atoms with Gasteiger partial charge < -0.3 is 9.84 Å². The quantitative estimate of drug-likeness (QED) is 0.844. The maximum Gasteiger partial charge on any atom is 0.413 e. The summed E-state index contributed by atoms with van der Waals surface area (Å²) in [7, 11) is 0. The molecule has 1 fully saturated rings. The first-order valence-corrected chi connectivity index (χ1v) is 5.57. The van der Waals surface area contributed by atoms with Gasteiger partial charge in [-0.15, -0.1) is 0 Å².